The molecule has 1 N–H and O–H groups in total. The zero-order valence-corrected chi connectivity index (χ0v) is 26.5. The Labute approximate surface area is 276 Å². The van der Waals surface area contributed by atoms with Crippen LogP contribution in [-0.4, -0.2) is 38.6 Å². The van der Waals surface area contributed by atoms with E-state index in [1.165, 1.54) is 17.1 Å². The lowest BCUT2D eigenvalue weighted by Gasteiger charge is -2.30. The van der Waals surface area contributed by atoms with Crippen molar-refractivity contribution in [2.24, 2.45) is 11.0 Å². The zero-order valence-electron chi connectivity index (χ0n) is 24.9. The summed E-state index contributed by atoms with van der Waals surface area (Å²) in [5, 5.41) is 6.96. The van der Waals surface area contributed by atoms with Crippen LogP contribution in [0.25, 0.3) is 6.08 Å². The minimum absolute atomic E-state index is 0.0504. The number of hydrogen-bond donors (Lipinski definition) is 1. The van der Waals surface area contributed by atoms with Crippen LogP contribution in [0.3, 0.4) is 0 Å². The zero-order chi connectivity index (χ0) is 32.1. The van der Waals surface area contributed by atoms with Crippen LogP contribution in [0.1, 0.15) is 46.8 Å². The van der Waals surface area contributed by atoms with Gasteiger partial charge in [-0.25, -0.2) is 13.4 Å². The monoisotopic (exact) mass is 669 g/mol. The van der Waals surface area contributed by atoms with Crippen molar-refractivity contribution < 1.29 is 32.2 Å². The van der Waals surface area contributed by atoms with E-state index in [0.717, 1.165) is 41.7 Å². The third-order valence-electron chi connectivity index (χ3n) is 8.67. The minimum atomic E-state index is -4.01. The molecule has 0 radical (unpaired) electrons. The number of fused-ring (bicyclic) bond motifs is 3. The van der Waals surface area contributed by atoms with Gasteiger partial charge in [-0.15, -0.1) is 0 Å². The number of hydrogen-bond acceptors (Lipinski definition) is 8. The van der Waals surface area contributed by atoms with Gasteiger partial charge in [-0.3, -0.25) is 9.52 Å². The molecule has 0 bridgehead atoms. The van der Waals surface area contributed by atoms with Gasteiger partial charge in [-0.1, -0.05) is 29.8 Å². The van der Waals surface area contributed by atoms with Gasteiger partial charge < -0.3 is 18.9 Å². The number of anilines is 1. The van der Waals surface area contributed by atoms with Crippen molar-refractivity contribution in [3.8, 4) is 23.0 Å². The van der Waals surface area contributed by atoms with Crippen molar-refractivity contribution in [1.82, 2.24) is 5.01 Å². The highest BCUT2D eigenvalue weighted by Crippen LogP contribution is 2.47. The molecule has 10 nitrogen and oxygen atoms in total. The third kappa shape index (κ3) is 5.55. The summed E-state index contributed by atoms with van der Waals surface area (Å²) in [6.45, 7) is 0.323. The number of sulfonamides is 1. The molecule has 1 amide bonds. The quantitative estimate of drug-likeness (QED) is 0.234. The normalized spacial score (nSPS) is 20.2. The average molecular weight is 670 g/mol. The van der Waals surface area contributed by atoms with E-state index >= 15 is 0 Å². The molecule has 0 spiro atoms. The van der Waals surface area contributed by atoms with Crippen LogP contribution in [-0.2, 0) is 10.0 Å². The summed E-state index contributed by atoms with van der Waals surface area (Å²) >= 11 is 5.96. The highest BCUT2D eigenvalue weighted by Gasteiger charge is 2.44. The first-order valence-corrected chi connectivity index (χ1v) is 17.0. The summed E-state index contributed by atoms with van der Waals surface area (Å²) in [4.78, 5) is 14.3. The molecule has 4 aromatic rings. The molecule has 8 rings (SSSR count). The Bertz CT molecular complexity index is 2080. The molecule has 238 valence electrons. The molecular weight excluding hydrogens is 642 g/mol. The van der Waals surface area contributed by atoms with Crippen LogP contribution in [0.4, 0.5) is 5.69 Å². The summed E-state index contributed by atoms with van der Waals surface area (Å²) in [6, 6.07) is 23.4. The second-order valence-corrected chi connectivity index (χ2v) is 13.7. The average Bonchev–Trinajstić information content (AvgIpc) is 3.84. The number of nitrogens with one attached hydrogen (secondary N) is 1. The van der Waals surface area contributed by atoms with E-state index in [1.54, 1.807) is 36.4 Å². The molecule has 12 heteroatoms. The molecule has 4 aromatic carbocycles. The van der Waals surface area contributed by atoms with E-state index in [1.807, 2.05) is 36.4 Å². The van der Waals surface area contributed by atoms with E-state index in [4.69, 9.17) is 35.6 Å². The number of amides is 1. The maximum absolute atomic E-state index is 14.4. The number of nitrogens with zero attached hydrogens (tertiary/aromatic N) is 2. The highest BCUT2D eigenvalue weighted by atomic mass is 35.5. The Kier molecular flexibility index (Phi) is 7.30. The van der Waals surface area contributed by atoms with E-state index in [-0.39, 0.29) is 30.0 Å². The lowest BCUT2D eigenvalue weighted by molar-refractivity contribution is 0.0680. The van der Waals surface area contributed by atoms with Gasteiger partial charge in [-0.05, 0) is 109 Å². The summed E-state index contributed by atoms with van der Waals surface area (Å²) in [5.74, 6) is 2.14. The smallest absolute Gasteiger partial charge is 0.274 e. The van der Waals surface area contributed by atoms with Gasteiger partial charge in [0.15, 0.2) is 23.0 Å². The predicted octanol–water partition coefficient (Wildman–Crippen LogP) is 7.04. The molecule has 2 atom stereocenters. The van der Waals surface area contributed by atoms with Crippen molar-refractivity contribution in [3.05, 3.63) is 112 Å². The van der Waals surface area contributed by atoms with E-state index in [9.17, 15) is 13.2 Å². The standard InChI is InChI=1S/C35H28ClN3O7S/c36-25-9-11-26(12-10-25)38-47(41,42)27-5-1-4-24(17-27)35(40)39-34(23-8-14-30-32(18-23)46-20-44-30)28-6-2-3-22(33(28)37-39)15-21-7-13-29-31(16-21)45-19-43-29/h1,4-5,7-18,28,34,38H,2-3,6,19-20H2/b22-15-/t28-,34+/m0/s1. The van der Waals surface area contributed by atoms with Crippen LogP contribution in [0.15, 0.2) is 100 Å². The molecule has 0 aromatic heterocycles. The van der Waals surface area contributed by atoms with Crippen molar-refractivity contribution in [1.29, 1.82) is 0 Å². The van der Waals surface area contributed by atoms with E-state index in [2.05, 4.69) is 10.8 Å². The Morgan fingerprint density at radius 2 is 1.60 bits per heavy atom. The second kappa shape index (κ2) is 11.7. The van der Waals surface area contributed by atoms with Gasteiger partial charge >= 0.3 is 0 Å². The van der Waals surface area contributed by atoms with Crippen molar-refractivity contribution in [3.63, 3.8) is 0 Å². The van der Waals surface area contributed by atoms with E-state index in [0.29, 0.717) is 33.7 Å². The molecule has 1 saturated carbocycles. The molecule has 0 unspecified atom stereocenters. The number of hydrazone groups is 1. The fraction of sp³-hybridized carbons (Fsp3) is 0.200. The van der Waals surface area contributed by atoms with Crippen LogP contribution < -0.4 is 23.7 Å². The lowest BCUT2D eigenvalue weighted by atomic mass is 9.77. The van der Waals surface area contributed by atoms with Gasteiger partial charge in [0, 0.05) is 22.2 Å². The first kappa shape index (κ1) is 29.4. The number of ether oxygens (including phenoxy) is 4. The van der Waals surface area contributed by atoms with Crippen LogP contribution in [0, 0.1) is 5.92 Å². The van der Waals surface area contributed by atoms with Gasteiger partial charge in [0.1, 0.15) is 0 Å². The van der Waals surface area contributed by atoms with Gasteiger partial charge in [0.2, 0.25) is 13.6 Å². The number of benzene rings is 4. The fourth-order valence-electron chi connectivity index (χ4n) is 6.46. The lowest BCUT2D eigenvalue weighted by Crippen LogP contribution is -2.32. The first-order chi connectivity index (χ1) is 22.8. The minimum Gasteiger partial charge on any atom is -0.454 e. The number of rotatable bonds is 6. The molecule has 0 saturated heterocycles. The third-order valence-corrected chi connectivity index (χ3v) is 10.3. The molecular formula is C35H28ClN3O7S. The molecule has 1 aliphatic carbocycles. The summed E-state index contributed by atoms with van der Waals surface area (Å²) < 4.78 is 51.5. The van der Waals surface area contributed by atoms with Gasteiger partial charge in [0.25, 0.3) is 15.9 Å². The Morgan fingerprint density at radius 3 is 2.38 bits per heavy atom. The van der Waals surface area contributed by atoms with Crippen LogP contribution in [0.5, 0.6) is 23.0 Å². The Morgan fingerprint density at radius 1 is 0.872 bits per heavy atom. The summed E-state index contributed by atoms with van der Waals surface area (Å²) in [5.41, 5.74) is 4.21. The van der Waals surface area contributed by atoms with Gasteiger partial charge in [0.05, 0.1) is 16.6 Å². The highest BCUT2D eigenvalue weighted by molar-refractivity contribution is 7.92. The topological polar surface area (TPSA) is 116 Å². The van der Waals surface area contributed by atoms with Crippen molar-refractivity contribution in [2.45, 2.75) is 30.2 Å². The summed E-state index contributed by atoms with van der Waals surface area (Å²) in [7, 11) is -4.01. The predicted molar refractivity (Wildman–Crippen MR) is 175 cm³/mol. The van der Waals surface area contributed by atoms with Crippen molar-refractivity contribution >= 4 is 45.0 Å². The maximum Gasteiger partial charge on any atom is 0.274 e. The molecule has 4 aliphatic rings. The number of halogens is 1. The Hall–Kier alpha value is -5.00. The summed E-state index contributed by atoms with van der Waals surface area (Å²) in [6.07, 6.45) is 4.61. The largest absolute Gasteiger partial charge is 0.454 e. The van der Waals surface area contributed by atoms with Crippen LogP contribution in [0.2, 0.25) is 5.02 Å². The Balaban J connectivity index is 1.16. The molecule has 1 fully saturated rings. The fourth-order valence-corrected chi connectivity index (χ4v) is 7.69. The number of carbonyl (C=O) groups excluding carboxylic acids is 1. The van der Waals surface area contributed by atoms with E-state index < -0.39 is 22.0 Å². The van der Waals surface area contributed by atoms with Crippen molar-refractivity contribution in [2.75, 3.05) is 18.3 Å². The van der Waals surface area contributed by atoms with Crippen LogP contribution >= 0.6 is 11.6 Å². The maximum atomic E-state index is 14.4. The number of carbonyl (C=O) groups is 1. The molecule has 47 heavy (non-hydrogen) atoms. The molecule has 3 heterocycles. The number of allylic oxidation sites excluding steroid dienone is 1. The molecule has 3 aliphatic heterocycles. The van der Waals surface area contributed by atoms with Gasteiger partial charge in [-0.2, -0.15) is 5.10 Å². The second-order valence-electron chi connectivity index (χ2n) is 11.6. The first-order valence-electron chi connectivity index (χ1n) is 15.1. The SMILES string of the molecule is O=C(c1cccc(S(=O)(=O)Nc2ccc(Cl)cc2)c1)N1N=C2/C(=C\c3ccc4c(c3)OCO4)CCC[C@@H]2[C@H]1c1ccc2c(c1)OCO2.